The minimum absolute atomic E-state index is 0.533. The highest BCUT2D eigenvalue weighted by Crippen LogP contribution is 2.23. The molecule has 0 spiro atoms. The van der Waals surface area contributed by atoms with E-state index in [1.165, 1.54) is 0 Å². The molecule has 3 nitrogen and oxygen atoms in total. The van der Waals surface area contributed by atoms with Crippen molar-refractivity contribution < 1.29 is 14.3 Å². The number of carboxylic acid groups (broad SMARTS) is 1. The Balaban J connectivity index is 4.81. The molecule has 0 aliphatic heterocycles. The van der Waals surface area contributed by atoms with E-state index in [0.717, 1.165) is 25.7 Å². The molecule has 0 fully saturated rings. The third kappa shape index (κ3) is 5.94. The van der Waals surface area contributed by atoms with Crippen molar-refractivity contribution in [3.05, 3.63) is 0 Å². The minimum atomic E-state index is -1.21. The Morgan fingerprint density at radius 2 is 2.06 bits per heavy atom. The van der Waals surface area contributed by atoms with Gasteiger partial charge in [0.05, 0.1) is 0 Å². The van der Waals surface area contributed by atoms with Crippen LogP contribution < -0.4 is 0 Å². The Morgan fingerprint density at radius 1 is 1.44 bits per heavy atom. The fraction of sp³-hybridized carbons (Fsp3) is 0.750. The molecule has 0 heterocycles. The molecule has 0 saturated carbocycles. The molecule has 1 atom stereocenters. The first-order chi connectivity index (χ1) is 7.45. The van der Waals surface area contributed by atoms with Crippen LogP contribution in [-0.2, 0) is 9.22 Å². The molecule has 0 amide bonds. The lowest BCUT2D eigenvalue weighted by Crippen LogP contribution is -2.35. The standard InChI is InChI=1S/C12H22O3Si/c1-5-7-9-12(6-2,15-16(3)4)10-8-11(13)14/h16H,5-7,9H2,1-4H3,(H,13,14). The second kappa shape index (κ2) is 7.48. The van der Waals surface area contributed by atoms with E-state index in [0.29, 0.717) is 0 Å². The predicted molar refractivity (Wildman–Crippen MR) is 67.9 cm³/mol. The minimum Gasteiger partial charge on any atom is -0.472 e. The van der Waals surface area contributed by atoms with Gasteiger partial charge in [-0.3, -0.25) is 0 Å². The van der Waals surface area contributed by atoms with Crippen molar-refractivity contribution in [1.29, 1.82) is 0 Å². The molecule has 0 aromatic carbocycles. The fourth-order valence-electron chi connectivity index (χ4n) is 1.58. The molecular weight excluding hydrogens is 220 g/mol. The van der Waals surface area contributed by atoms with Crippen LogP contribution in [-0.4, -0.2) is 25.7 Å². The van der Waals surface area contributed by atoms with Gasteiger partial charge in [0.1, 0.15) is 5.60 Å². The Bertz CT molecular complexity index is 278. The van der Waals surface area contributed by atoms with Crippen molar-refractivity contribution in [1.82, 2.24) is 0 Å². The average molecular weight is 242 g/mol. The number of carboxylic acids is 1. The van der Waals surface area contributed by atoms with Crippen LogP contribution in [0.1, 0.15) is 39.5 Å². The largest absolute Gasteiger partial charge is 0.472 e. The third-order valence-corrected chi connectivity index (χ3v) is 3.29. The number of carbonyl (C=O) groups is 1. The van der Waals surface area contributed by atoms with Crippen LogP contribution in [0.2, 0.25) is 13.1 Å². The van der Waals surface area contributed by atoms with Crippen LogP contribution >= 0.6 is 0 Å². The van der Waals surface area contributed by atoms with Crippen molar-refractivity contribution in [2.45, 2.75) is 58.2 Å². The van der Waals surface area contributed by atoms with Crippen molar-refractivity contribution >= 4 is 15.0 Å². The molecule has 16 heavy (non-hydrogen) atoms. The van der Waals surface area contributed by atoms with Crippen LogP contribution in [0.25, 0.3) is 0 Å². The summed E-state index contributed by atoms with van der Waals surface area (Å²) >= 11 is 0. The van der Waals surface area contributed by atoms with Crippen LogP contribution in [0, 0.1) is 11.8 Å². The van der Waals surface area contributed by atoms with Gasteiger partial charge in [-0.05, 0) is 32.4 Å². The van der Waals surface area contributed by atoms with Crippen LogP contribution in [0.15, 0.2) is 0 Å². The van der Waals surface area contributed by atoms with Gasteiger partial charge < -0.3 is 9.53 Å². The van der Waals surface area contributed by atoms with E-state index in [1.54, 1.807) is 0 Å². The molecule has 0 rings (SSSR count). The van der Waals surface area contributed by atoms with Gasteiger partial charge >= 0.3 is 5.97 Å². The molecule has 0 bridgehead atoms. The SMILES string of the molecule is CCCCC(C#CC(=O)O)(CC)O[SiH](C)C. The van der Waals surface area contributed by atoms with Gasteiger partial charge in [0.2, 0.25) is 0 Å². The first-order valence-electron chi connectivity index (χ1n) is 5.89. The molecule has 1 N–H and O–H groups in total. The number of rotatable bonds is 6. The molecule has 0 radical (unpaired) electrons. The topological polar surface area (TPSA) is 46.5 Å². The van der Waals surface area contributed by atoms with Crippen molar-refractivity contribution in [2.24, 2.45) is 0 Å². The van der Waals surface area contributed by atoms with Gasteiger partial charge in [-0.15, -0.1) is 0 Å². The third-order valence-electron chi connectivity index (χ3n) is 2.36. The second-order valence-corrected chi connectivity index (χ2v) is 6.51. The summed E-state index contributed by atoms with van der Waals surface area (Å²) in [5.41, 5.74) is -0.533. The summed E-state index contributed by atoms with van der Waals surface area (Å²) < 4.78 is 5.94. The van der Waals surface area contributed by atoms with E-state index in [-0.39, 0.29) is 0 Å². The summed E-state index contributed by atoms with van der Waals surface area (Å²) in [5.74, 6) is 3.95. The first kappa shape index (κ1) is 15.2. The van der Waals surface area contributed by atoms with Crippen molar-refractivity contribution in [2.75, 3.05) is 0 Å². The highest BCUT2D eigenvalue weighted by atomic mass is 28.3. The fourth-order valence-corrected chi connectivity index (χ4v) is 2.83. The van der Waals surface area contributed by atoms with Gasteiger partial charge in [0.25, 0.3) is 0 Å². The molecule has 0 aromatic rings. The highest BCUT2D eigenvalue weighted by Gasteiger charge is 2.27. The van der Waals surface area contributed by atoms with Gasteiger partial charge in [-0.25, -0.2) is 4.79 Å². The Kier molecular flexibility index (Phi) is 7.10. The zero-order valence-corrected chi connectivity index (χ0v) is 11.8. The normalized spacial score (nSPS) is 14.1. The van der Waals surface area contributed by atoms with Gasteiger partial charge in [-0.1, -0.05) is 26.2 Å². The van der Waals surface area contributed by atoms with Crippen molar-refractivity contribution in [3.8, 4) is 11.8 Å². The van der Waals surface area contributed by atoms with E-state index < -0.39 is 20.6 Å². The summed E-state index contributed by atoms with van der Waals surface area (Å²) in [7, 11) is -1.21. The summed E-state index contributed by atoms with van der Waals surface area (Å²) in [6, 6.07) is 0. The summed E-state index contributed by atoms with van der Waals surface area (Å²) in [6.45, 7) is 8.28. The summed E-state index contributed by atoms with van der Waals surface area (Å²) in [4.78, 5) is 10.5. The maximum atomic E-state index is 10.5. The van der Waals surface area contributed by atoms with Gasteiger partial charge in [-0.2, -0.15) is 0 Å². The van der Waals surface area contributed by atoms with Crippen molar-refractivity contribution in [3.63, 3.8) is 0 Å². The monoisotopic (exact) mass is 242 g/mol. The summed E-state index contributed by atoms with van der Waals surface area (Å²) in [5, 5.41) is 8.61. The number of hydrogen-bond acceptors (Lipinski definition) is 2. The maximum Gasteiger partial charge on any atom is 0.382 e. The van der Waals surface area contributed by atoms with E-state index in [9.17, 15) is 4.79 Å². The molecule has 0 saturated heterocycles. The maximum absolute atomic E-state index is 10.5. The molecular formula is C12H22O3Si. The quantitative estimate of drug-likeness (QED) is 0.575. The van der Waals surface area contributed by atoms with Crippen LogP contribution in [0.4, 0.5) is 0 Å². The Morgan fingerprint density at radius 3 is 2.44 bits per heavy atom. The molecule has 0 aliphatic rings. The smallest absolute Gasteiger partial charge is 0.382 e. The number of hydrogen-bond donors (Lipinski definition) is 1. The summed E-state index contributed by atoms with van der Waals surface area (Å²) in [6.07, 6.45) is 3.66. The van der Waals surface area contributed by atoms with E-state index in [1.807, 2.05) is 6.92 Å². The van der Waals surface area contributed by atoms with Crippen LogP contribution in [0.5, 0.6) is 0 Å². The lowest BCUT2D eigenvalue weighted by atomic mass is 9.94. The van der Waals surface area contributed by atoms with Gasteiger partial charge in [0.15, 0.2) is 9.04 Å². The number of aliphatic carboxylic acids is 1. The average Bonchev–Trinajstić information content (AvgIpc) is 2.21. The molecule has 92 valence electrons. The Hall–Kier alpha value is -0.793. The zero-order valence-electron chi connectivity index (χ0n) is 10.7. The molecule has 1 unspecified atom stereocenters. The predicted octanol–water partition coefficient (Wildman–Crippen LogP) is 2.41. The van der Waals surface area contributed by atoms with E-state index >= 15 is 0 Å². The Labute approximate surface area is 99.9 Å². The zero-order chi connectivity index (χ0) is 12.6. The van der Waals surface area contributed by atoms with Crippen LogP contribution in [0.3, 0.4) is 0 Å². The molecule has 0 aliphatic carbocycles. The molecule has 0 aromatic heterocycles. The van der Waals surface area contributed by atoms with E-state index in [2.05, 4.69) is 31.9 Å². The lowest BCUT2D eigenvalue weighted by molar-refractivity contribution is -0.130. The second-order valence-electron chi connectivity index (χ2n) is 4.17. The van der Waals surface area contributed by atoms with E-state index in [4.69, 9.17) is 9.53 Å². The molecule has 4 heteroatoms. The lowest BCUT2D eigenvalue weighted by Gasteiger charge is -2.30. The number of unbranched alkanes of at least 4 members (excludes halogenated alkanes) is 1. The van der Waals surface area contributed by atoms with Gasteiger partial charge in [0, 0.05) is 5.92 Å². The first-order valence-corrected chi connectivity index (χ1v) is 8.67. The highest BCUT2D eigenvalue weighted by molar-refractivity contribution is 6.48.